The first-order valence-corrected chi connectivity index (χ1v) is 7.79. The van der Waals surface area contributed by atoms with Crippen LogP contribution in [0.15, 0.2) is 34.8 Å². The highest BCUT2D eigenvalue weighted by Gasteiger charge is 2.10. The molecule has 0 radical (unpaired) electrons. The minimum Gasteiger partial charge on any atom is -0.330 e. The highest BCUT2D eigenvalue weighted by molar-refractivity contribution is 9.10. The van der Waals surface area contributed by atoms with Crippen LogP contribution < -0.4 is 0 Å². The molecule has 0 bridgehead atoms. The van der Waals surface area contributed by atoms with E-state index >= 15 is 0 Å². The van der Waals surface area contributed by atoms with Crippen LogP contribution in [0, 0.1) is 11.7 Å². The molecule has 0 atom stereocenters. The zero-order chi connectivity index (χ0) is 14.4. The summed E-state index contributed by atoms with van der Waals surface area (Å²) in [7, 11) is 0. The van der Waals surface area contributed by atoms with Gasteiger partial charge in [0.2, 0.25) is 0 Å². The van der Waals surface area contributed by atoms with Crippen molar-refractivity contribution >= 4 is 62.4 Å². The molecular weight excluding hydrogens is 379 g/mol. The maximum Gasteiger partial charge on any atom is 0.182 e. The van der Waals surface area contributed by atoms with Crippen LogP contribution in [-0.2, 0) is 0 Å². The number of aromatic nitrogens is 2. The fraction of sp³-hybridized carbons (Fsp3) is 0.0714. The number of hydrogen-bond donors (Lipinski definition) is 1. The van der Waals surface area contributed by atoms with Crippen molar-refractivity contribution in [3.63, 3.8) is 0 Å². The lowest BCUT2D eigenvalue weighted by Gasteiger charge is -2.07. The lowest BCUT2D eigenvalue weighted by atomic mass is 10.2. The minimum absolute atomic E-state index is 0.507. The fourth-order valence-corrected chi connectivity index (χ4v) is 3.44. The summed E-state index contributed by atoms with van der Waals surface area (Å²) in [6.45, 7) is 2.04. The van der Waals surface area contributed by atoms with Gasteiger partial charge in [0.15, 0.2) is 4.77 Å². The molecule has 3 rings (SSSR count). The van der Waals surface area contributed by atoms with Gasteiger partial charge in [-0.3, -0.25) is 4.57 Å². The largest absolute Gasteiger partial charge is 0.330 e. The van der Waals surface area contributed by atoms with Crippen molar-refractivity contribution in [2.75, 3.05) is 0 Å². The van der Waals surface area contributed by atoms with Gasteiger partial charge in [-0.1, -0.05) is 39.1 Å². The van der Waals surface area contributed by atoms with E-state index in [-0.39, 0.29) is 0 Å². The van der Waals surface area contributed by atoms with E-state index in [1.54, 1.807) is 6.07 Å². The van der Waals surface area contributed by atoms with E-state index in [2.05, 4.69) is 27.0 Å². The van der Waals surface area contributed by atoms with Gasteiger partial charge in [0.25, 0.3) is 0 Å². The van der Waals surface area contributed by atoms with Crippen molar-refractivity contribution in [1.29, 1.82) is 0 Å². The van der Waals surface area contributed by atoms with E-state index in [0.29, 0.717) is 14.8 Å². The number of aromatic amines is 1. The predicted octanol–water partition coefficient (Wildman–Crippen LogP) is 6.07. The topological polar surface area (TPSA) is 20.7 Å². The van der Waals surface area contributed by atoms with Crippen molar-refractivity contribution in [2.24, 2.45) is 0 Å². The Balaban J connectivity index is 2.38. The van der Waals surface area contributed by atoms with Gasteiger partial charge >= 0.3 is 0 Å². The molecule has 0 spiro atoms. The molecule has 1 heterocycles. The van der Waals surface area contributed by atoms with Gasteiger partial charge in [-0.2, -0.15) is 0 Å². The summed E-state index contributed by atoms with van der Waals surface area (Å²) >= 11 is 21.1. The number of imidazole rings is 1. The summed E-state index contributed by atoms with van der Waals surface area (Å²) in [5.74, 6) is 0. The van der Waals surface area contributed by atoms with Crippen molar-refractivity contribution in [1.82, 2.24) is 9.55 Å². The molecule has 0 amide bonds. The van der Waals surface area contributed by atoms with Gasteiger partial charge in [-0.05, 0) is 55.0 Å². The number of benzene rings is 2. The number of hydrogen-bond acceptors (Lipinski definition) is 1. The first kappa shape index (κ1) is 14.1. The number of rotatable bonds is 1. The predicted molar refractivity (Wildman–Crippen MR) is 90.9 cm³/mol. The summed E-state index contributed by atoms with van der Waals surface area (Å²) < 4.78 is 3.56. The van der Waals surface area contributed by atoms with Crippen LogP contribution in [0.2, 0.25) is 10.0 Å². The third-order valence-corrected chi connectivity index (χ3v) is 4.47. The van der Waals surface area contributed by atoms with Crippen LogP contribution in [0.1, 0.15) is 5.56 Å². The molecule has 1 aromatic heterocycles. The average Bonchev–Trinajstić information content (AvgIpc) is 2.64. The number of nitrogens with one attached hydrogen (secondary N) is 1. The first-order valence-electron chi connectivity index (χ1n) is 5.83. The van der Waals surface area contributed by atoms with Gasteiger partial charge in [0, 0.05) is 10.2 Å². The molecule has 1 N–H and O–H groups in total. The van der Waals surface area contributed by atoms with Crippen molar-refractivity contribution < 1.29 is 0 Å². The van der Waals surface area contributed by atoms with Gasteiger partial charge < -0.3 is 4.98 Å². The standard InChI is InChI=1S/C14H9BrCl2N2S/c1-7-2-8(15)4-9(3-7)19-13-6-11(17)10(16)5-12(13)18-14(19)20/h2-6H,1H3,(H,18,20). The maximum atomic E-state index is 6.12. The second-order valence-electron chi connectivity index (χ2n) is 4.54. The van der Waals surface area contributed by atoms with Crippen molar-refractivity contribution in [2.45, 2.75) is 6.92 Å². The van der Waals surface area contributed by atoms with E-state index in [9.17, 15) is 0 Å². The molecule has 0 aliphatic rings. The molecular formula is C14H9BrCl2N2S. The van der Waals surface area contributed by atoms with E-state index < -0.39 is 0 Å². The third kappa shape index (κ3) is 2.42. The molecule has 2 nitrogen and oxygen atoms in total. The lowest BCUT2D eigenvalue weighted by molar-refractivity contribution is 1.06. The van der Waals surface area contributed by atoms with Gasteiger partial charge in [-0.25, -0.2) is 0 Å². The Bertz CT molecular complexity index is 862. The van der Waals surface area contributed by atoms with Crippen LogP contribution in [-0.4, -0.2) is 9.55 Å². The van der Waals surface area contributed by atoms with E-state index in [1.165, 1.54) is 0 Å². The zero-order valence-corrected chi connectivity index (χ0v) is 14.3. The smallest absolute Gasteiger partial charge is 0.182 e. The Labute approximate surface area is 139 Å². The highest BCUT2D eigenvalue weighted by atomic mass is 79.9. The third-order valence-electron chi connectivity index (χ3n) is 3.01. The molecule has 0 fully saturated rings. The summed E-state index contributed by atoms with van der Waals surface area (Å²) in [6.07, 6.45) is 0. The molecule has 6 heteroatoms. The number of aryl methyl sites for hydroxylation is 1. The van der Waals surface area contributed by atoms with Crippen molar-refractivity contribution in [3.05, 3.63) is 55.2 Å². The van der Waals surface area contributed by atoms with Crippen LogP contribution in [0.4, 0.5) is 0 Å². The summed E-state index contributed by atoms with van der Waals surface area (Å²) in [6, 6.07) is 9.73. The molecule has 2 aromatic carbocycles. The molecule has 0 saturated heterocycles. The molecule has 102 valence electrons. The summed E-state index contributed by atoms with van der Waals surface area (Å²) in [5, 5.41) is 1.02. The monoisotopic (exact) mass is 386 g/mol. The molecule has 0 unspecified atom stereocenters. The summed E-state index contributed by atoms with van der Waals surface area (Å²) in [5.41, 5.74) is 3.89. The molecule has 0 aliphatic heterocycles. The fourth-order valence-electron chi connectivity index (χ4n) is 2.20. The summed E-state index contributed by atoms with van der Waals surface area (Å²) in [4.78, 5) is 3.15. The Morgan fingerprint density at radius 1 is 1.10 bits per heavy atom. The molecule has 3 aromatic rings. The number of halogens is 3. The number of nitrogens with zero attached hydrogens (tertiary/aromatic N) is 1. The number of fused-ring (bicyclic) bond motifs is 1. The molecule has 20 heavy (non-hydrogen) atoms. The van der Waals surface area contributed by atoms with Gasteiger partial charge in [0.05, 0.1) is 21.1 Å². The second kappa shape index (κ2) is 5.19. The van der Waals surface area contributed by atoms with Crippen LogP contribution >= 0.6 is 51.3 Å². The van der Waals surface area contributed by atoms with E-state index in [1.807, 2.05) is 29.7 Å². The van der Waals surface area contributed by atoms with Crippen LogP contribution in [0.25, 0.3) is 16.7 Å². The Kier molecular flexibility index (Phi) is 3.67. The first-order chi connectivity index (χ1) is 9.45. The Morgan fingerprint density at radius 2 is 1.80 bits per heavy atom. The number of H-pyrrole nitrogens is 1. The van der Waals surface area contributed by atoms with Crippen LogP contribution in [0.5, 0.6) is 0 Å². The molecule has 0 aliphatic carbocycles. The van der Waals surface area contributed by atoms with E-state index in [0.717, 1.165) is 26.8 Å². The SMILES string of the molecule is Cc1cc(Br)cc(-n2c(=S)[nH]c3cc(Cl)c(Cl)cc32)c1. The Hall–Kier alpha value is -0.810. The van der Waals surface area contributed by atoms with E-state index in [4.69, 9.17) is 35.4 Å². The zero-order valence-electron chi connectivity index (χ0n) is 10.4. The van der Waals surface area contributed by atoms with Crippen molar-refractivity contribution in [3.8, 4) is 5.69 Å². The van der Waals surface area contributed by atoms with Gasteiger partial charge in [-0.15, -0.1) is 0 Å². The quantitative estimate of drug-likeness (QED) is 0.502. The normalized spacial score (nSPS) is 11.2. The second-order valence-corrected chi connectivity index (χ2v) is 6.65. The van der Waals surface area contributed by atoms with Gasteiger partial charge in [0.1, 0.15) is 0 Å². The minimum atomic E-state index is 0.507. The van der Waals surface area contributed by atoms with Crippen LogP contribution in [0.3, 0.4) is 0 Å². The average molecular weight is 388 g/mol. The lowest BCUT2D eigenvalue weighted by Crippen LogP contribution is -1.94. The Morgan fingerprint density at radius 3 is 2.50 bits per heavy atom. The highest BCUT2D eigenvalue weighted by Crippen LogP contribution is 2.30. The maximum absolute atomic E-state index is 6.12. The molecule has 0 saturated carbocycles.